The van der Waals surface area contributed by atoms with E-state index in [2.05, 4.69) is 35.8 Å². The molecule has 1 aliphatic rings. The smallest absolute Gasteiger partial charge is 0.311 e. The van der Waals surface area contributed by atoms with Crippen molar-refractivity contribution in [3.05, 3.63) is 71.8 Å². The summed E-state index contributed by atoms with van der Waals surface area (Å²) < 4.78 is 22.0. The lowest BCUT2D eigenvalue weighted by Gasteiger charge is -2.34. The summed E-state index contributed by atoms with van der Waals surface area (Å²) in [6.07, 6.45) is 30.1. The van der Waals surface area contributed by atoms with Crippen LogP contribution in [-0.2, 0) is 41.5 Å². The first kappa shape index (κ1) is 53.3. The number of hydrogen-bond donors (Lipinski definition) is 0. The van der Waals surface area contributed by atoms with Gasteiger partial charge in [0.2, 0.25) is 0 Å². The zero-order chi connectivity index (χ0) is 45.0. The molecule has 10 nitrogen and oxygen atoms in total. The molecule has 0 saturated carbocycles. The molecule has 10 heteroatoms. The molecule has 0 spiro atoms. The fraction of sp³-hybridized carbons (Fsp3) is 0.660. The summed E-state index contributed by atoms with van der Waals surface area (Å²) in [6.45, 7) is 10.8. The topological polar surface area (TPSA) is 112 Å². The van der Waals surface area contributed by atoms with E-state index in [1.54, 1.807) is 36.4 Å². The van der Waals surface area contributed by atoms with E-state index in [1.807, 2.05) is 12.1 Å². The number of unbranched alkanes of at least 4 members (excludes halogenated alkanes) is 16. The van der Waals surface area contributed by atoms with Crippen molar-refractivity contribution < 1.29 is 38.1 Å². The van der Waals surface area contributed by atoms with Crippen molar-refractivity contribution in [1.82, 2.24) is 9.80 Å². The van der Waals surface area contributed by atoms with Crippen molar-refractivity contribution in [3.63, 3.8) is 0 Å². The Hall–Kier alpha value is -4.02. The molecule has 2 aromatic carbocycles. The van der Waals surface area contributed by atoms with E-state index in [-0.39, 0.29) is 36.7 Å². The highest BCUT2D eigenvalue weighted by Crippen LogP contribution is 2.17. The largest absolute Gasteiger partial charge is 0.465 e. The van der Waals surface area contributed by atoms with E-state index in [0.29, 0.717) is 37.6 Å². The SMILES string of the molecule is CCCCCCCC/C=C\CCCCCCCC(=O)Oc1ccc(CC(=O)OCCCN2CCN(CCCOC(=O)Cc3ccc(OC(=O)CCCCCCCC)cc3)CC2)cc1. The minimum atomic E-state index is -0.261. The molecular weight excluding hydrogens is 793 g/mol. The van der Waals surface area contributed by atoms with Crippen LogP contribution in [0.1, 0.15) is 173 Å². The van der Waals surface area contributed by atoms with Gasteiger partial charge in [0, 0.05) is 52.1 Å². The Kier molecular flexibility index (Phi) is 29.9. The summed E-state index contributed by atoms with van der Waals surface area (Å²) in [5.41, 5.74) is 1.65. The quantitative estimate of drug-likeness (QED) is 0.0284. The van der Waals surface area contributed by atoms with Crippen LogP contribution in [0.4, 0.5) is 0 Å². The van der Waals surface area contributed by atoms with Crippen LogP contribution in [-0.4, -0.2) is 86.2 Å². The molecule has 0 atom stereocenters. The number of piperazine rings is 1. The monoisotopic (exact) mass is 875 g/mol. The van der Waals surface area contributed by atoms with Gasteiger partial charge < -0.3 is 28.7 Å². The van der Waals surface area contributed by atoms with Crippen molar-refractivity contribution in [2.45, 2.75) is 174 Å². The van der Waals surface area contributed by atoms with Gasteiger partial charge in [-0.1, -0.05) is 134 Å². The van der Waals surface area contributed by atoms with Gasteiger partial charge in [0.25, 0.3) is 0 Å². The van der Waals surface area contributed by atoms with Gasteiger partial charge in [-0.2, -0.15) is 0 Å². The fourth-order valence-corrected chi connectivity index (χ4v) is 7.73. The van der Waals surface area contributed by atoms with Crippen molar-refractivity contribution in [2.75, 3.05) is 52.5 Å². The number of benzene rings is 2. The van der Waals surface area contributed by atoms with E-state index in [9.17, 15) is 19.2 Å². The van der Waals surface area contributed by atoms with Crippen LogP contribution in [0.25, 0.3) is 0 Å². The van der Waals surface area contributed by atoms with E-state index in [1.165, 1.54) is 77.0 Å². The van der Waals surface area contributed by atoms with Crippen molar-refractivity contribution in [3.8, 4) is 11.5 Å². The molecule has 0 N–H and O–H groups in total. The standard InChI is InChI=1S/C53H82N2O8/c1-3-5-7-9-11-12-13-14-15-16-17-18-19-21-23-27-51(57)63-49-34-30-47(31-35-49)45-53(59)61-43-25-37-55-40-38-54(39-41-55)36-24-42-60-52(58)44-46-28-32-48(33-29-46)62-50(56)26-22-20-10-8-6-4-2/h14-15,28-35H,3-13,16-27,36-45H2,1-2H3/b15-14-. The first-order valence-corrected chi connectivity index (χ1v) is 24.8. The first-order chi connectivity index (χ1) is 30.8. The highest BCUT2D eigenvalue weighted by molar-refractivity contribution is 5.74. The fourth-order valence-electron chi connectivity index (χ4n) is 7.73. The molecule has 0 amide bonds. The average molecular weight is 875 g/mol. The summed E-state index contributed by atoms with van der Waals surface area (Å²) in [5.74, 6) is 0.0565. The summed E-state index contributed by atoms with van der Waals surface area (Å²) >= 11 is 0. The Labute approximate surface area is 380 Å². The zero-order valence-electron chi connectivity index (χ0n) is 39.3. The predicted octanol–water partition coefficient (Wildman–Crippen LogP) is 11.6. The number of hydrogen-bond acceptors (Lipinski definition) is 10. The summed E-state index contributed by atoms with van der Waals surface area (Å²) in [6, 6.07) is 14.2. The van der Waals surface area contributed by atoms with Gasteiger partial charge >= 0.3 is 23.9 Å². The summed E-state index contributed by atoms with van der Waals surface area (Å²) in [7, 11) is 0. The third kappa shape index (κ3) is 27.7. The second-order valence-corrected chi connectivity index (χ2v) is 17.3. The number of nitrogens with zero attached hydrogens (tertiary/aromatic N) is 2. The van der Waals surface area contributed by atoms with Gasteiger partial charge in [0.05, 0.1) is 26.1 Å². The Balaban J connectivity index is 1.12. The predicted molar refractivity (Wildman–Crippen MR) is 253 cm³/mol. The van der Waals surface area contributed by atoms with Crippen LogP contribution in [0.15, 0.2) is 60.7 Å². The van der Waals surface area contributed by atoms with E-state index >= 15 is 0 Å². The molecule has 1 aliphatic heterocycles. The highest BCUT2D eigenvalue weighted by Gasteiger charge is 2.17. The molecule has 0 aromatic heterocycles. The molecule has 0 unspecified atom stereocenters. The molecule has 3 rings (SSSR count). The maximum absolute atomic E-state index is 12.5. The number of ether oxygens (including phenoxy) is 4. The Morgan fingerprint density at radius 3 is 1.17 bits per heavy atom. The van der Waals surface area contributed by atoms with Gasteiger partial charge in [-0.05, 0) is 86.8 Å². The normalized spacial score (nSPS) is 13.3. The Morgan fingerprint density at radius 1 is 0.444 bits per heavy atom. The molecule has 0 aliphatic carbocycles. The van der Waals surface area contributed by atoms with Crippen LogP contribution >= 0.6 is 0 Å². The average Bonchev–Trinajstić information content (AvgIpc) is 3.28. The molecule has 352 valence electrons. The first-order valence-electron chi connectivity index (χ1n) is 24.8. The van der Waals surface area contributed by atoms with Crippen LogP contribution in [0.3, 0.4) is 0 Å². The number of carbonyl (C=O) groups is 4. The zero-order valence-corrected chi connectivity index (χ0v) is 39.3. The molecule has 1 saturated heterocycles. The van der Waals surface area contributed by atoms with Crippen molar-refractivity contribution in [1.29, 1.82) is 0 Å². The summed E-state index contributed by atoms with van der Waals surface area (Å²) in [4.78, 5) is 54.1. The molecule has 63 heavy (non-hydrogen) atoms. The lowest BCUT2D eigenvalue weighted by atomic mass is 10.1. The third-order valence-corrected chi connectivity index (χ3v) is 11.6. The van der Waals surface area contributed by atoms with Gasteiger partial charge in [0.15, 0.2) is 0 Å². The lowest BCUT2D eigenvalue weighted by Crippen LogP contribution is -2.47. The second-order valence-electron chi connectivity index (χ2n) is 17.3. The maximum atomic E-state index is 12.5. The minimum absolute atomic E-state index is 0.183. The van der Waals surface area contributed by atoms with Crippen molar-refractivity contribution >= 4 is 23.9 Å². The van der Waals surface area contributed by atoms with Crippen LogP contribution in [0, 0.1) is 0 Å². The van der Waals surface area contributed by atoms with E-state index in [4.69, 9.17) is 18.9 Å². The van der Waals surface area contributed by atoms with Gasteiger partial charge in [-0.3, -0.25) is 19.2 Å². The minimum Gasteiger partial charge on any atom is -0.465 e. The Bertz CT molecular complexity index is 1540. The highest BCUT2D eigenvalue weighted by atomic mass is 16.5. The van der Waals surface area contributed by atoms with Gasteiger partial charge in [0.1, 0.15) is 11.5 Å². The molecular formula is C53H82N2O8. The third-order valence-electron chi connectivity index (χ3n) is 11.6. The molecule has 1 fully saturated rings. The number of esters is 4. The van der Waals surface area contributed by atoms with Crippen LogP contribution in [0.2, 0.25) is 0 Å². The van der Waals surface area contributed by atoms with Crippen molar-refractivity contribution in [2.24, 2.45) is 0 Å². The van der Waals surface area contributed by atoms with Crippen LogP contribution < -0.4 is 9.47 Å². The summed E-state index contributed by atoms with van der Waals surface area (Å²) in [5, 5.41) is 0. The van der Waals surface area contributed by atoms with E-state index in [0.717, 1.165) is 108 Å². The molecule has 0 bridgehead atoms. The number of carbonyl (C=O) groups excluding carboxylic acids is 4. The molecule has 1 heterocycles. The molecule has 2 aromatic rings. The lowest BCUT2D eigenvalue weighted by molar-refractivity contribution is -0.144. The van der Waals surface area contributed by atoms with Gasteiger partial charge in [-0.25, -0.2) is 0 Å². The van der Waals surface area contributed by atoms with E-state index < -0.39 is 0 Å². The number of allylic oxidation sites excluding steroid dienone is 2. The van der Waals surface area contributed by atoms with Gasteiger partial charge in [-0.15, -0.1) is 0 Å². The second kappa shape index (κ2) is 35.3. The van der Waals surface area contributed by atoms with Crippen LogP contribution in [0.5, 0.6) is 11.5 Å². The maximum Gasteiger partial charge on any atom is 0.311 e. The Morgan fingerprint density at radius 2 is 0.794 bits per heavy atom. The number of rotatable bonds is 36. The molecule has 0 radical (unpaired) electrons.